The standard InChI is InChI=1S/C40H38N6/c1-26-41-27(2)44-38(43-26)34-12-8-30(9-13-34)32-16-20-36(21-17-32)40(24-6-5-7-25-40)37-22-18-33(19-23-37)31-10-14-35(15-11-31)39-45-28(3)42-29(4)46-39/h8-23H,5-7,24-25H2,1-4H3. The molecule has 2 heterocycles. The molecule has 6 nitrogen and oxygen atoms in total. The van der Waals surface area contributed by atoms with Gasteiger partial charge in [0.25, 0.3) is 0 Å². The maximum atomic E-state index is 4.52. The lowest BCUT2D eigenvalue weighted by Gasteiger charge is -2.39. The molecule has 1 saturated carbocycles. The minimum absolute atomic E-state index is 0.0336. The molecule has 0 spiro atoms. The van der Waals surface area contributed by atoms with Gasteiger partial charge >= 0.3 is 0 Å². The average molecular weight is 603 g/mol. The van der Waals surface area contributed by atoms with Crippen molar-refractivity contribution >= 4 is 0 Å². The predicted octanol–water partition coefficient (Wildman–Crippen LogP) is 9.21. The molecule has 228 valence electrons. The lowest BCUT2D eigenvalue weighted by molar-refractivity contribution is 0.346. The maximum Gasteiger partial charge on any atom is 0.163 e. The van der Waals surface area contributed by atoms with E-state index in [1.54, 1.807) is 0 Å². The molecule has 1 aliphatic rings. The first-order valence-electron chi connectivity index (χ1n) is 16.2. The molecule has 0 saturated heterocycles. The Balaban J connectivity index is 1.13. The number of rotatable bonds is 6. The summed E-state index contributed by atoms with van der Waals surface area (Å²) in [4.78, 5) is 26.7. The molecule has 0 unspecified atom stereocenters. The van der Waals surface area contributed by atoms with Crippen molar-refractivity contribution in [1.82, 2.24) is 29.9 Å². The highest BCUT2D eigenvalue weighted by atomic mass is 15.0. The van der Waals surface area contributed by atoms with Gasteiger partial charge in [0.2, 0.25) is 0 Å². The van der Waals surface area contributed by atoms with Gasteiger partial charge in [0.1, 0.15) is 23.3 Å². The van der Waals surface area contributed by atoms with Crippen molar-refractivity contribution < 1.29 is 0 Å². The van der Waals surface area contributed by atoms with Gasteiger partial charge < -0.3 is 0 Å². The van der Waals surface area contributed by atoms with E-state index in [9.17, 15) is 0 Å². The molecule has 46 heavy (non-hydrogen) atoms. The van der Waals surface area contributed by atoms with Gasteiger partial charge in [0, 0.05) is 16.5 Å². The highest BCUT2D eigenvalue weighted by Gasteiger charge is 2.35. The Morgan fingerprint density at radius 1 is 0.348 bits per heavy atom. The van der Waals surface area contributed by atoms with Crippen LogP contribution in [0.15, 0.2) is 97.1 Å². The van der Waals surface area contributed by atoms with Gasteiger partial charge in [-0.3, -0.25) is 0 Å². The van der Waals surface area contributed by atoms with Gasteiger partial charge in [-0.2, -0.15) is 0 Å². The van der Waals surface area contributed by atoms with Crippen molar-refractivity contribution in [3.8, 4) is 45.0 Å². The van der Waals surface area contributed by atoms with Gasteiger partial charge in [0.05, 0.1) is 0 Å². The summed E-state index contributed by atoms with van der Waals surface area (Å²) in [6, 6.07) is 35.6. The van der Waals surface area contributed by atoms with Crippen molar-refractivity contribution in [2.75, 3.05) is 0 Å². The smallest absolute Gasteiger partial charge is 0.163 e. The summed E-state index contributed by atoms with van der Waals surface area (Å²) in [5.41, 5.74) is 9.65. The normalized spacial score (nSPS) is 14.3. The molecule has 0 aliphatic heterocycles. The van der Waals surface area contributed by atoms with Crippen molar-refractivity contribution in [2.45, 2.75) is 65.2 Å². The number of aromatic nitrogens is 6. The molecular formula is C40H38N6. The number of aryl methyl sites for hydroxylation is 4. The Hall–Kier alpha value is -5.10. The third kappa shape index (κ3) is 5.95. The third-order valence-electron chi connectivity index (χ3n) is 9.25. The lowest BCUT2D eigenvalue weighted by Crippen LogP contribution is -2.30. The minimum Gasteiger partial charge on any atom is -0.219 e. The fourth-order valence-electron chi connectivity index (χ4n) is 6.98. The van der Waals surface area contributed by atoms with Gasteiger partial charge in [-0.05, 0) is 73.9 Å². The topological polar surface area (TPSA) is 77.3 Å². The van der Waals surface area contributed by atoms with Gasteiger partial charge in [0.15, 0.2) is 11.6 Å². The molecule has 0 amide bonds. The van der Waals surface area contributed by atoms with Crippen molar-refractivity contribution in [2.24, 2.45) is 0 Å². The van der Waals surface area contributed by atoms with Crippen LogP contribution in [0.25, 0.3) is 45.0 Å². The number of hydrogen-bond acceptors (Lipinski definition) is 6. The Morgan fingerprint density at radius 2 is 0.630 bits per heavy atom. The summed E-state index contributed by atoms with van der Waals surface area (Å²) >= 11 is 0. The first-order valence-corrected chi connectivity index (χ1v) is 16.2. The van der Waals surface area contributed by atoms with E-state index in [1.165, 1.54) is 65.5 Å². The molecule has 1 fully saturated rings. The number of hydrogen-bond donors (Lipinski definition) is 0. The van der Waals surface area contributed by atoms with Crippen LogP contribution >= 0.6 is 0 Å². The molecule has 6 aromatic rings. The lowest BCUT2D eigenvalue weighted by atomic mass is 9.65. The molecule has 4 aromatic carbocycles. The maximum absolute atomic E-state index is 4.52. The zero-order valence-electron chi connectivity index (χ0n) is 27.0. The van der Waals surface area contributed by atoms with E-state index in [-0.39, 0.29) is 5.41 Å². The van der Waals surface area contributed by atoms with E-state index < -0.39 is 0 Å². The second kappa shape index (κ2) is 12.4. The molecule has 0 radical (unpaired) electrons. The van der Waals surface area contributed by atoms with E-state index in [2.05, 4.69) is 127 Å². The first kappa shape index (κ1) is 29.6. The molecule has 7 rings (SSSR count). The van der Waals surface area contributed by atoms with Gasteiger partial charge in [-0.15, -0.1) is 0 Å². The van der Waals surface area contributed by atoms with Crippen LogP contribution in [0.3, 0.4) is 0 Å². The summed E-state index contributed by atoms with van der Waals surface area (Å²) in [7, 11) is 0. The fourth-order valence-corrected chi connectivity index (χ4v) is 6.98. The van der Waals surface area contributed by atoms with Crippen molar-refractivity contribution in [3.05, 3.63) is 131 Å². The Bertz CT molecular complexity index is 1790. The molecule has 2 aromatic heterocycles. The molecule has 6 heteroatoms. The summed E-state index contributed by atoms with van der Waals surface area (Å²) in [6.07, 6.45) is 6.14. The number of nitrogens with zero attached hydrogens (tertiary/aromatic N) is 6. The summed E-state index contributed by atoms with van der Waals surface area (Å²) in [5.74, 6) is 4.40. The highest BCUT2D eigenvalue weighted by molar-refractivity contribution is 5.70. The summed E-state index contributed by atoms with van der Waals surface area (Å²) < 4.78 is 0. The van der Waals surface area contributed by atoms with E-state index in [1.807, 2.05) is 27.7 Å². The average Bonchev–Trinajstić information content (AvgIpc) is 3.08. The quantitative estimate of drug-likeness (QED) is 0.189. The van der Waals surface area contributed by atoms with Crippen LogP contribution in [-0.2, 0) is 5.41 Å². The molecule has 0 bridgehead atoms. The molecule has 0 atom stereocenters. The Labute approximate surface area is 271 Å². The molecule has 1 aliphatic carbocycles. The van der Waals surface area contributed by atoms with E-state index >= 15 is 0 Å². The van der Waals surface area contributed by atoms with Crippen LogP contribution in [0.4, 0.5) is 0 Å². The van der Waals surface area contributed by atoms with Crippen LogP contribution in [-0.4, -0.2) is 29.9 Å². The molecular weight excluding hydrogens is 564 g/mol. The van der Waals surface area contributed by atoms with Crippen LogP contribution in [0.1, 0.15) is 66.5 Å². The Morgan fingerprint density at radius 3 is 0.957 bits per heavy atom. The second-order valence-corrected chi connectivity index (χ2v) is 12.5. The van der Waals surface area contributed by atoms with E-state index in [0.717, 1.165) is 46.1 Å². The summed E-state index contributed by atoms with van der Waals surface area (Å²) in [5, 5.41) is 0. The Kier molecular flexibility index (Phi) is 7.95. The first-order chi connectivity index (χ1) is 22.4. The van der Waals surface area contributed by atoms with Crippen LogP contribution in [0.2, 0.25) is 0 Å². The van der Waals surface area contributed by atoms with E-state index in [0.29, 0.717) is 0 Å². The van der Waals surface area contributed by atoms with Gasteiger partial charge in [-0.1, -0.05) is 116 Å². The second-order valence-electron chi connectivity index (χ2n) is 12.5. The fraction of sp³-hybridized carbons (Fsp3) is 0.250. The zero-order valence-corrected chi connectivity index (χ0v) is 27.0. The SMILES string of the molecule is Cc1nc(C)nc(-c2ccc(-c3ccc(C4(c5ccc(-c6ccc(-c7nc(C)nc(C)n7)cc6)cc5)CCCCC4)cc3)cc2)n1. The van der Waals surface area contributed by atoms with Crippen LogP contribution in [0, 0.1) is 27.7 Å². The zero-order chi connectivity index (χ0) is 31.7. The predicted molar refractivity (Wildman–Crippen MR) is 184 cm³/mol. The largest absolute Gasteiger partial charge is 0.219 e. The van der Waals surface area contributed by atoms with Crippen LogP contribution in [0.5, 0.6) is 0 Å². The van der Waals surface area contributed by atoms with Crippen molar-refractivity contribution in [1.29, 1.82) is 0 Å². The number of benzene rings is 4. The summed E-state index contributed by atoms with van der Waals surface area (Å²) in [6.45, 7) is 7.62. The van der Waals surface area contributed by atoms with Gasteiger partial charge in [-0.25, -0.2) is 29.9 Å². The highest BCUT2D eigenvalue weighted by Crippen LogP contribution is 2.45. The van der Waals surface area contributed by atoms with E-state index in [4.69, 9.17) is 0 Å². The molecule has 0 N–H and O–H groups in total. The van der Waals surface area contributed by atoms with Crippen molar-refractivity contribution in [3.63, 3.8) is 0 Å². The minimum atomic E-state index is 0.0336. The monoisotopic (exact) mass is 602 g/mol. The third-order valence-corrected chi connectivity index (χ3v) is 9.25. The van der Waals surface area contributed by atoms with Crippen LogP contribution < -0.4 is 0 Å².